The SMILES string of the molecule is C=CC(=O)N1C[C@H](C)N(c2nc(=O)n3c4c(c(-c5ccc(F)cc5F)c(Cl)cc24)OC[C@H]3CCCN2CCOCC2)C[C@H]1C. The van der Waals surface area contributed by atoms with Gasteiger partial charge in [0.2, 0.25) is 5.91 Å². The van der Waals surface area contributed by atoms with Crippen molar-refractivity contribution in [3.05, 3.63) is 64.1 Å². The minimum absolute atomic E-state index is 0.0787. The number of anilines is 1. The quantitative estimate of drug-likeness (QED) is 0.353. The monoisotopic (exact) mass is 627 g/mol. The molecular formula is C32H36ClF2N5O4. The first kappa shape index (κ1) is 30.5. The molecule has 2 saturated heterocycles. The molecule has 0 aliphatic carbocycles. The highest BCUT2D eigenvalue weighted by Crippen LogP contribution is 2.47. The van der Waals surface area contributed by atoms with Gasteiger partial charge in [-0.2, -0.15) is 4.98 Å². The number of carbonyl (C=O) groups excluding carboxylic acids is 1. The lowest BCUT2D eigenvalue weighted by Gasteiger charge is -2.45. The molecule has 44 heavy (non-hydrogen) atoms. The van der Waals surface area contributed by atoms with Gasteiger partial charge in [0.15, 0.2) is 5.75 Å². The summed E-state index contributed by atoms with van der Waals surface area (Å²) >= 11 is 6.86. The van der Waals surface area contributed by atoms with E-state index in [0.717, 1.165) is 32.1 Å². The van der Waals surface area contributed by atoms with Gasteiger partial charge in [-0.25, -0.2) is 13.6 Å². The third kappa shape index (κ3) is 5.57. The van der Waals surface area contributed by atoms with E-state index in [-0.39, 0.29) is 52.5 Å². The van der Waals surface area contributed by atoms with E-state index in [1.54, 1.807) is 15.5 Å². The van der Waals surface area contributed by atoms with Crippen LogP contribution in [0.25, 0.3) is 22.0 Å². The Morgan fingerprint density at radius 2 is 1.93 bits per heavy atom. The maximum Gasteiger partial charge on any atom is 0.350 e. The smallest absolute Gasteiger partial charge is 0.350 e. The first-order valence-electron chi connectivity index (χ1n) is 15.0. The predicted molar refractivity (Wildman–Crippen MR) is 166 cm³/mol. The van der Waals surface area contributed by atoms with Crippen LogP contribution in [0.5, 0.6) is 5.75 Å². The number of benzene rings is 2. The molecule has 0 unspecified atom stereocenters. The maximum absolute atomic E-state index is 15.1. The second-order valence-corrected chi connectivity index (χ2v) is 12.2. The van der Waals surface area contributed by atoms with Gasteiger partial charge in [-0.15, -0.1) is 0 Å². The molecule has 2 aromatic carbocycles. The van der Waals surface area contributed by atoms with Crippen molar-refractivity contribution in [2.75, 3.05) is 57.4 Å². The summed E-state index contributed by atoms with van der Waals surface area (Å²) in [5.74, 6) is -0.954. The molecule has 1 aromatic heterocycles. The van der Waals surface area contributed by atoms with Crippen LogP contribution in [-0.4, -0.2) is 89.9 Å². The first-order chi connectivity index (χ1) is 21.2. The molecule has 0 spiro atoms. The number of halogens is 3. The number of rotatable bonds is 7. The Balaban J connectivity index is 1.47. The lowest BCUT2D eigenvalue weighted by molar-refractivity contribution is -0.128. The number of carbonyl (C=O) groups is 1. The zero-order valence-electron chi connectivity index (χ0n) is 24.9. The number of aromatic nitrogens is 2. The molecule has 0 N–H and O–H groups in total. The second-order valence-electron chi connectivity index (χ2n) is 11.8. The topological polar surface area (TPSA) is 80.1 Å². The fourth-order valence-electron chi connectivity index (χ4n) is 6.66. The van der Waals surface area contributed by atoms with Gasteiger partial charge in [-0.3, -0.25) is 14.3 Å². The van der Waals surface area contributed by atoms with Crippen molar-refractivity contribution in [3.8, 4) is 16.9 Å². The van der Waals surface area contributed by atoms with E-state index >= 15 is 4.39 Å². The van der Waals surface area contributed by atoms with Crippen molar-refractivity contribution in [3.63, 3.8) is 0 Å². The maximum atomic E-state index is 15.1. The normalized spacial score (nSPS) is 22.2. The Kier molecular flexibility index (Phi) is 8.63. The van der Waals surface area contributed by atoms with Gasteiger partial charge in [0.05, 0.1) is 29.8 Å². The van der Waals surface area contributed by atoms with Gasteiger partial charge < -0.3 is 19.3 Å². The van der Waals surface area contributed by atoms with Crippen molar-refractivity contribution in [1.82, 2.24) is 19.4 Å². The van der Waals surface area contributed by atoms with Crippen molar-refractivity contribution < 1.29 is 23.0 Å². The van der Waals surface area contributed by atoms with Crippen LogP contribution in [0.3, 0.4) is 0 Å². The largest absolute Gasteiger partial charge is 0.488 e. The summed E-state index contributed by atoms with van der Waals surface area (Å²) < 4.78 is 42.5. The minimum Gasteiger partial charge on any atom is -0.488 e. The molecule has 2 fully saturated rings. The zero-order valence-corrected chi connectivity index (χ0v) is 25.7. The lowest BCUT2D eigenvalue weighted by Crippen LogP contribution is -2.58. The van der Waals surface area contributed by atoms with Crippen molar-refractivity contribution in [2.24, 2.45) is 0 Å². The second kappa shape index (κ2) is 12.5. The lowest BCUT2D eigenvalue weighted by atomic mass is 9.98. The van der Waals surface area contributed by atoms with E-state index < -0.39 is 17.3 Å². The third-order valence-electron chi connectivity index (χ3n) is 8.91. The Morgan fingerprint density at radius 3 is 2.66 bits per heavy atom. The molecule has 12 heteroatoms. The van der Waals surface area contributed by atoms with Crippen molar-refractivity contribution in [1.29, 1.82) is 0 Å². The van der Waals surface area contributed by atoms with Gasteiger partial charge >= 0.3 is 5.69 Å². The van der Waals surface area contributed by atoms with E-state index in [9.17, 15) is 14.0 Å². The number of piperazine rings is 1. The average Bonchev–Trinajstić information content (AvgIpc) is 3.01. The van der Waals surface area contributed by atoms with Crippen LogP contribution in [0.4, 0.5) is 14.6 Å². The van der Waals surface area contributed by atoms with Gasteiger partial charge in [-0.05, 0) is 57.5 Å². The summed E-state index contributed by atoms with van der Waals surface area (Å²) in [6, 6.07) is 4.34. The van der Waals surface area contributed by atoms with E-state index in [0.29, 0.717) is 49.4 Å². The predicted octanol–water partition coefficient (Wildman–Crippen LogP) is 4.65. The van der Waals surface area contributed by atoms with Crippen LogP contribution in [0.1, 0.15) is 32.7 Å². The molecule has 3 aromatic rings. The summed E-state index contributed by atoms with van der Waals surface area (Å²) in [4.78, 5) is 37.1. The molecule has 234 valence electrons. The molecule has 3 atom stereocenters. The number of hydrogen-bond donors (Lipinski definition) is 0. The highest BCUT2D eigenvalue weighted by atomic mass is 35.5. The average molecular weight is 628 g/mol. The van der Waals surface area contributed by atoms with Crippen LogP contribution in [-0.2, 0) is 9.53 Å². The molecule has 9 nitrogen and oxygen atoms in total. The number of nitrogens with zero attached hydrogens (tertiary/aromatic N) is 5. The number of hydrogen-bond acceptors (Lipinski definition) is 7. The standard InChI is InChI=1S/C32H36ClF2N5O4/c1-4-27(41)38-16-20(3)39(17-19(38)2)31-24-15-25(33)28(23-8-7-21(34)14-26(23)35)30-29(24)40(32(42)36-31)22(18-44-30)6-5-9-37-10-12-43-13-11-37/h4,7-8,14-15,19-20,22H,1,5-6,9-13,16-18H2,2-3H3/t19-,20+,22-/m1/s1. The molecule has 0 radical (unpaired) electrons. The summed E-state index contributed by atoms with van der Waals surface area (Å²) in [7, 11) is 0. The number of morpholine rings is 1. The zero-order chi connectivity index (χ0) is 31.1. The molecule has 3 aliphatic rings. The van der Waals surface area contributed by atoms with Gasteiger partial charge in [0.25, 0.3) is 0 Å². The van der Waals surface area contributed by atoms with Crippen LogP contribution in [0, 0.1) is 11.6 Å². The van der Waals surface area contributed by atoms with Crippen LogP contribution in [0.15, 0.2) is 41.7 Å². The van der Waals surface area contributed by atoms with E-state index in [1.807, 2.05) is 18.7 Å². The van der Waals surface area contributed by atoms with Crippen LogP contribution >= 0.6 is 11.6 Å². The van der Waals surface area contributed by atoms with Crippen molar-refractivity contribution in [2.45, 2.75) is 44.8 Å². The first-order valence-corrected chi connectivity index (χ1v) is 15.4. The molecular weight excluding hydrogens is 592 g/mol. The highest BCUT2D eigenvalue weighted by molar-refractivity contribution is 6.35. The van der Waals surface area contributed by atoms with Gasteiger partial charge in [-0.1, -0.05) is 18.2 Å². The van der Waals surface area contributed by atoms with Crippen molar-refractivity contribution >= 4 is 34.2 Å². The van der Waals surface area contributed by atoms with Gasteiger partial charge in [0.1, 0.15) is 24.1 Å². The Bertz CT molecular complexity index is 1660. The highest BCUT2D eigenvalue weighted by Gasteiger charge is 2.36. The molecule has 6 rings (SSSR count). The number of ether oxygens (including phenoxy) is 2. The summed E-state index contributed by atoms with van der Waals surface area (Å²) in [5, 5.41) is 0.787. The fraction of sp³-hybridized carbons (Fsp3) is 0.469. The molecule has 3 aliphatic heterocycles. The Morgan fingerprint density at radius 1 is 1.16 bits per heavy atom. The molecule has 0 bridgehead atoms. The number of amides is 1. The fourth-order valence-corrected chi connectivity index (χ4v) is 6.95. The molecule has 4 heterocycles. The Hall–Kier alpha value is -3.54. The van der Waals surface area contributed by atoms with Crippen LogP contribution in [0.2, 0.25) is 5.02 Å². The van der Waals surface area contributed by atoms with E-state index in [1.165, 1.54) is 18.2 Å². The summed E-state index contributed by atoms with van der Waals surface area (Å²) in [5.41, 5.74) is 0.382. The summed E-state index contributed by atoms with van der Waals surface area (Å²) in [6.07, 6.45) is 2.81. The minimum atomic E-state index is -0.785. The van der Waals surface area contributed by atoms with Gasteiger partial charge in [0, 0.05) is 60.8 Å². The molecule has 0 saturated carbocycles. The summed E-state index contributed by atoms with van der Waals surface area (Å²) in [6.45, 7) is 12.6. The van der Waals surface area contributed by atoms with E-state index in [4.69, 9.17) is 21.1 Å². The third-order valence-corrected chi connectivity index (χ3v) is 9.21. The van der Waals surface area contributed by atoms with Crippen LogP contribution < -0.4 is 15.3 Å². The molecule has 1 amide bonds. The Labute approximate surface area is 259 Å². The van der Waals surface area contributed by atoms with E-state index in [2.05, 4.69) is 16.5 Å².